The number of nitrogens with zero attached hydrogens (tertiary/aromatic N) is 2. The Balaban J connectivity index is 2.84. The summed E-state index contributed by atoms with van der Waals surface area (Å²) in [6, 6.07) is 3.78. The molecule has 0 aliphatic rings. The zero-order valence-corrected chi connectivity index (χ0v) is 9.50. The van der Waals surface area contributed by atoms with Crippen molar-refractivity contribution in [3.8, 4) is 0 Å². The maximum Gasteiger partial charge on any atom is 0.178 e. The molecule has 0 aliphatic heterocycles. The van der Waals surface area contributed by atoms with Gasteiger partial charge in [-0.05, 0) is 19.1 Å². The second-order valence-corrected chi connectivity index (χ2v) is 4.09. The van der Waals surface area contributed by atoms with Crippen molar-refractivity contribution in [2.24, 2.45) is 0 Å². The number of halogens is 1. The lowest BCUT2D eigenvalue weighted by Crippen LogP contribution is -1.99. The third kappa shape index (κ3) is 1.35. The number of hydrogen-bond donors (Lipinski definition) is 0. The van der Waals surface area contributed by atoms with Gasteiger partial charge in [-0.2, -0.15) is 0 Å². The van der Waals surface area contributed by atoms with Crippen LogP contribution in [-0.2, 0) is 0 Å². The number of hydrogen-bond acceptors (Lipinski definition) is 2. The van der Waals surface area contributed by atoms with Crippen molar-refractivity contribution in [2.45, 2.75) is 13.8 Å². The Labute approximate surface area is 89.9 Å². The molecular formula is C10H9BrN2O. The largest absolute Gasteiger partial charge is 0.297 e. The van der Waals surface area contributed by atoms with Gasteiger partial charge in [0.1, 0.15) is 11.3 Å². The minimum atomic E-state index is 0.0392. The second kappa shape index (κ2) is 3.20. The summed E-state index contributed by atoms with van der Waals surface area (Å²) < 4.78 is 2.77. The molecule has 0 unspecified atom stereocenters. The third-order valence-electron chi connectivity index (χ3n) is 2.10. The van der Waals surface area contributed by atoms with Crippen LogP contribution < -0.4 is 0 Å². The summed E-state index contributed by atoms with van der Waals surface area (Å²) in [4.78, 5) is 15.7. The van der Waals surface area contributed by atoms with E-state index in [2.05, 4.69) is 20.9 Å². The van der Waals surface area contributed by atoms with Crippen LogP contribution in [0.25, 0.3) is 5.65 Å². The van der Waals surface area contributed by atoms with Crippen LogP contribution in [0.2, 0.25) is 0 Å². The van der Waals surface area contributed by atoms with Gasteiger partial charge in [0, 0.05) is 17.6 Å². The summed E-state index contributed by atoms with van der Waals surface area (Å²) in [5.74, 6) is 0.0392. The molecule has 0 amide bonds. The Morgan fingerprint density at radius 3 is 2.93 bits per heavy atom. The maximum atomic E-state index is 11.4. The van der Waals surface area contributed by atoms with Gasteiger partial charge in [-0.1, -0.05) is 15.9 Å². The highest BCUT2D eigenvalue weighted by Gasteiger charge is 2.12. The fourth-order valence-electron chi connectivity index (χ4n) is 1.56. The van der Waals surface area contributed by atoms with Gasteiger partial charge in [0.25, 0.3) is 0 Å². The summed E-state index contributed by atoms with van der Waals surface area (Å²) >= 11 is 3.36. The Morgan fingerprint density at radius 1 is 1.57 bits per heavy atom. The zero-order chi connectivity index (χ0) is 10.3. The van der Waals surface area contributed by atoms with Crippen LogP contribution in [0.15, 0.2) is 22.8 Å². The topological polar surface area (TPSA) is 34.4 Å². The molecule has 2 aromatic heterocycles. The molecular weight excluding hydrogens is 244 g/mol. The van der Waals surface area contributed by atoms with E-state index in [0.717, 1.165) is 15.8 Å². The Bertz CT molecular complexity index is 516. The number of carbonyl (C=O) groups excluding carboxylic acids is 1. The predicted octanol–water partition coefficient (Wildman–Crippen LogP) is 2.61. The predicted molar refractivity (Wildman–Crippen MR) is 57.6 cm³/mol. The number of rotatable bonds is 1. The standard InChI is InChI=1S/C10H9BrN2O/c1-6-10(7(2)14)13-4-3-8(11)5-9(13)12-6/h3-5H,1-2H3. The number of imidazole rings is 1. The molecule has 0 saturated heterocycles. The number of carbonyl (C=O) groups is 1. The molecule has 0 saturated carbocycles. The number of aryl methyl sites for hydroxylation is 1. The van der Waals surface area contributed by atoms with Crippen molar-refractivity contribution in [3.05, 3.63) is 34.2 Å². The van der Waals surface area contributed by atoms with Crippen molar-refractivity contribution in [3.63, 3.8) is 0 Å². The lowest BCUT2D eigenvalue weighted by molar-refractivity contribution is 0.101. The SMILES string of the molecule is CC(=O)c1c(C)nc2cc(Br)ccn12. The van der Waals surface area contributed by atoms with E-state index in [-0.39, 0.29) is 5.78 Å². The molecule has 0 spiro atoms. The quantitative estimate of drug-likeness (QED) is 0.732. The normalized spacial score (nSPS) is 10.8. The molecule has 2 rings (SSSR count). The Morgan fingerprint density at radius 2 is 2.29 bits per heavy atom. The van der Waals surface area contributed by atoms with Crippen molar-refractivity contribution in [1.82, 2.24) is 9.38 Å². The number of ketones is 1. The van der Waals surface area contributed by atoms with E-state index in [9.17, 15) is 4.79 Å². The average Bonchev–Trinajstić information content (AvgIpc) is 2.39. The van der Waals surface area contributed by atoms with Crippen LogP contribution in [0.5, 0.6) is 0 Å². The van der Waals surface area contributed by atoms with E-state index in [1.54, 1.807) is 6.92 Å². The Hall–Kier alpha value is -1.16. The summed E-state index contributed by atoms with van der Waals surface area (Å²) in [5, 5.41) is 0. The van der Waals surface area contributed by atoms with Crippen LogP contribution in [0.1, 0.15) is 23.1 Å². The van der Waals surface area contributed by atoms with Crippen molar-refractivity contribution in [1.29, 1.82) is 0 Å². The molecule has 0 fully saturated rings. The number of fused-ring (bicyclic) bond motifs is 1. The van der Waals surface area contributed by atoms with Crippen LogP contribution >= 0.6 is 15.9 Å². The highest BCUT2D eigenvalue weighted by molar-refractivity contribution is 9.10. The van der Waals surface area contributed by atoms with Gasteiger partial charge < -0.3 is 0 Å². The summed E-state index contributed by atoms with van der Waals surface area (Å²) in [6.45, 7) is 3.40. The van der Waals surface area contributed by atoms with Crippen LogP contribution in [-0.4, -0.2) is 15.2 Å². The van der Waals surface area contributed by atoms with E-state index in [4.69, 9.17) is 0 Å². The van der Waals surface area contributed by atoms with Crippen LogP contribution in [0.4, 0.5) is 0 Å². The molecule has 3 nitrogen and oxygen atoms in total. The minimum Gasteiger partial charge on any atom is -0.297 e. The van der Waals surface area contributed by atoms with Gasteiger partial charge in [-0.3, -0.25) is 9.20 Å². The fourth-order valence-corrected chi connectivity index (χ4v) is 1.88. The average molecular weight is 253 g/mol. The zero-order valence-electron chi connectivity index (χ0n) is 7.91. The molecule has 0 aliphatic carbocycles. The van der Waals surface area contributed by atoms with Crippen molar-refractivity contribution in [2.75, 3.05) is 0 Å². The molecule has 0 N–H and O–H groups in total. The van der Waals surface area contributed by atoms with E-state index in [0.29, 0.717) is 5.69 Å². The summed E-state index contributed by atoms with van der Waals surface area (Å²) in [6.07, 6.45) is 1.84. The van der Waals surface area contributed by atoms with E-state index < -0.39 is 0 Å². The molecule has 0 bridgehead atoms. The van der Waals surface area contributed by atoms with Gasteiger partial charge in [-0.25, -0.2) is 4.98 Å². The smallest absolute Gasteiger partial charge is 0.178 e. The molecule has 0 atom stereocenters. The van der Waals surface area contributed by atoms with Gasteiger partial charge in [0.2, 0.25) is 0 Å². The molecule has 2 aromatic rings. The maximum absolute atomic E-state index is 11.4. The lowest BCUT2D eigenvalue weighted by atomic mass is 10.2. The van der Waals surface area contributed by atoms with Crippen LogP contribution in [0, 0.1) is 6.92 Å². The van der Waals surface area contributed by atoms with Gasteiger partial charge in [-0.15, -0.1) is 0 Å². The molecule has 0 radical (unpaired) electrons. The lowest BCUT2D eigenvalue weighted by Gasteiger charge is -1.97. The van der Waals surface area contributed by atoms with Gasteiger partial charge in [0.15, 0.2) is 5.78 Å². The fraction of sp³-hybridized carbons (Fsp3) is 0.200. The van der Waals surface area contributed by atoms with E-state index >= 15 is 0 Å². The first kappa shape index (κ1) is 9.40. The molecule has 2 heterocycles. The van der Waals surface area contributed by atoms with E-state index in [1.807, 2.05) is 29.7 Å². The third-order valence-corrected chi connectivity index (χ3v) is 2.59. The summed E-state index contributed by atoms with van der Waals surface area (Å²) in [7, 11) is 0. The van der Waals surface area contributed by atoms with Crippen molar-refractivity contribution >= 4 is 27.4 Å². The molecule has 14 heavy (non-hydrogen) atoms. The molecule has 4 heteroatoms. The second-order valence-electron chi connectivity index (χ2n) is 3.18. The van der Waals surface area contributed by atoms with Gasteiger partial charge in [0.05, 0.1) is 5.69 Å². The first-order chi connectivity index (χ1) is 6.59. The first-order valence-corrected chi connectivity index (χ1v) is 5.04. The molecule has 72 valence electrons. The first-order valence-electron chi connectivity index (χ1n) is 4.25. The number of Topliss-reactive ketones (excluding diaryl/α,β-unsaturated/α-hetero) is 1. The molecule has 0 aromatic carbocycles. The highest BCUT2D eigenvalue weighted by atomic mass is 79.9. The van der Waals surface area contributed by atoms with E-state index in [1.165, 1.54) is 0 Å². The Kier molecular flexibility index (Phi) is 2.15. The number of pyridine rings is 1. The van der Waals surface area contributed by atoms with Gasteiger partial charge >= 0.3 is 0 Å². The monoisotopic (exact) mass is 252 g/mol. The highest BCUT2D eigenvalue weighted by Crippen LogP contribution is 2.17. The minimum absolute atomic E-state index is 0.0392. The van der Waals surface area contributed by atoms with Crippen LogP contribution in [0.3, 0.4) is 0 Å². The number of aromatic nitrogens is 2. The van der Waals surface area contributed by atoms with Crippen molar-refractivity contribution < 1.29 is 4.79 Å². The summed E-state index contributed by atoms with van der Waals surface area (Å²) in [5.41, 5.74) is 2.23.